The first kappa shape index (κ1) is 14.7. The number of benzene rings is 1. The van der Waals surface area contributed by atoms with E-state index in [-0.39, 0.29) is 18.9 Å². The molecule has 1 N–H and O–H groups in total. The van der Waals surface area contributed by atoms with Crippen molar-refractivity contribution >= 4 is 5.69 Å². The molecule has 0 aliphatic carbocycles. The van der Waals surface area contributed by atoms with E-state index in [2.05, 4.69) is 4.98 Å². The van der Waals surface area contributed by atoms with Crippen molar-refractivity contribution in [3.63, 3.8) is 0 Å². The van der Waals surface area contributed by atoms with Crippen LogP contribution in [0.3, 0.4) is 0 Å². The molecule has 2 rings (SSSR count). The summed E-state index contributed by atoms with van der Waals surface area (Å²) in [6, 6.07) is 5.82. The lowest BCUT2D eigenvalue weighted by Crippen LogP contribution is -2.33. The average Bonchev–Trinajstić information content (AvgIpc) is 2.48. The molecule has 0 unspecified atom stereocenters. The Balaban J connectivity index is 1.90. The smallest absolute Gasteiger partial charge is 0.429 e. The number of aliphatic hydroxyl groups excluding tert-OH is 1. The number of hydrogen-bond acceptors (Lipinski definition) is 7. The van der Waals surface area contributed by atoms with Crippen molar-refractivity contribution in [3.8, 4) is 0 Å². The van der Waals surface area contributed by atoms with Gasteiger partial charge in [-0.05, 0) is 12.1 Å². The number of aliphatic hydroxyl groups is 1. The molecule has 0 spiro atoms. The van der Waals surface area contributed by atoms with Gasteiger partial charge in [-0.2, -0.15) is 0 Å². The maximum Gasteiger partial charge on any atom is 0.429 e. The third-order valence-electron chi connectivity index (χ3n) is 2.70. The maximum absolute atomic E-state index is 10.6. The highest BCUT2D eigenvalue weighted by atomic mass is 16.7. The van der Waals surface area contributed by atoms with Crippen LogP contribution in [0.5, 0.6) is 0 Å². The fourth-order valence-corrected chi connectivity index (χ4v) is 1.75. The Hall–Kier alpha value is -2.70. The van der Waals surface area contributed by atoms with E-state index >= 15 is 0 Å². The topological polar surface area (TPSA) is 119 Å². The predicted molar refractivity (Wildman–Crippen MR) is 68.4 cm³/mol. The van der Waals surface area contributed by atoms with E-state index in [9.17, 15) is 15.2 Å². The van der Waals surface area contributed by atoms with Gasteiger partial charge in [-0.3, -0.25) is 10.1 Å². The maximum atomic E-state index is 10.6. The van der Waals surface area contributed by atoms with Gasteiger partial charge in [-0.1, -0.05) is 0 Å². The number of rotatable bonds is 4. The van der Waals surface area contributed by atoms with Crippen molar-refractivity contribution in [1.29, 1.82) is 5.39 Å². The first-order chi connectivity index (χ1) is 10.1. The van der Waals surface area contributed by atoms with Crippen LogP contribution in [-0.4, -0.2) is 29.3 Å². The van der Waals surface area contributed by atoms with Crippen molar-refractivity contribution in [3.05, 3.63) is 57.1 Å². The molecule has 0 bridgehead atoms. The Morgan fingerprint density at radius 1 is 1.43 bits per heavy atom. The predicted octanol–water partition coefficient (Wildman–Crippen LogP) is 2.24. The summed E-state index contributed by atoms with van der Waals surface area (Å²) in [7, 11) is 0. The monoisotopic (exact) mass is 294 g/mol. The Labute approximate surface area is 119 Å². The van der Waals surface area contributed by atoms with Gasteiger partial charge in [0.25, 0.3) is 5.69 Å². The number of nitro benzene ring substituents is 1. The molecule has 9 nitrogen and oxygen atoms in total. The van der Waals surface area contributed by atoms with Gasteiger partial charge in [0, 0.05) is 17.7 Å². The number of nitrogens with zero attached hydrogens (tertiary/aromatic N) is 3. The van der Waals surface area contributed by atoms with Crippen molar-refractivity contribution in [2.45, 2.75) is 12.4 Å². The van der Waals surface area contributed by atoms with Crippen LogP contribution < -0.4 is 0 Å². The van der Waals surface area contributed by atoms with Crippen LogP contribution in [0.4, 0.5) is 5.69 Å². The summed E-state index contributed by atoms with van der Waals surface area (Å²) < 4.78 is 15.8. The standard InChI is InChI=1S/C12H11N3O6/c13-14-5-11(16)21-10-6-19-12(20-7-10)8-1-3-9(4-2-8)15(17)18/h1-5,10,12H,6-7H2/p+1/b11-5-. The van der Waals surface area contributed by atoms with Crippen LogP contribution in [0, 0.1) is 15.5 Å². The van der Waals surface area contributed by atoms with Crippen molar-refractivity contribution in [1.82, 2.24) is 0 Å². The van der Waals surface area contributed by atoms with Crippen molar-refractivity contribution in [2.75, 3.05) is 13.2 Å². The van der Waals surface area contributed by atoms with Gasteiger partial charge < -0.3 is 19.3 Å². The van der Waals surface area contributed by atoms with E-state index in [1.807, 2.05) is 0 Å². The number of hydrogen-bond donors (Lipinski definition) is 1. The molecule has 110 valence electrons. The lowest BCUT2D eigenvalue weighted by Gasteiger charge is -2.29. The minimum atomic E-state index is -0.653. The van der Waals surface area contributed by atoms with E-state index in [4.69, 9.17) is 19.6 Å². The number of nitro groups is 1. The molecule has 1 aliphatic rings. The van der Waals surface area contributed by atoms with Gasteiger partial charge in [0.1, 0.15) is 6.10 Å². The molecule has 1 aliphatic heterocycles. The molecule has 1 aromatic rings. The average molecular weight is 294 g/mol. The molecule has 1 aromatic carbocycles. The summed E-state index contributed by atoms with van der Waals surface area (Å²) in [4.78, 5) is 12.7. The Morgan fingerprint density at radius 3 is 2.57 bits per heavy atom. The molecule has 9 heteroatoms. The lowest BCUT2D eigenvalue weighted by molar-refractivity contribution is -0.384. The number of diazo groups is 1. The first-order valence-electron chi connectivity index (χ1n) is 5.97. The third-order valence-corrected chi connectivity index (χ3v) is 2.70. The molecule has 0 aromatic heterocycles. The molecule has 0 atom stereocenters. The van der Waals surface area contributed by atoms with Crippen LogP contribution >= 0.6 is 0 Å². The molecule has 0 amide bonds. The van der Waals surface area contributed by atoms with Crippen LogP contribution in [-0.2, 0) is 14.2 Å². The van der Waals surface area contributed by atoms with E-state index in [1.165, 1.54) is 12.1 Å². The molecule has 0 saturated carbocycles. The van der Waals surface area contributed by atoms with Crippen LogP contribution in [0.1, 0.15) is 11.9 Å². The summed E-state index contributed by atoms with van der Waals surface area (Å²) in [6.07, 6.45) is -0.459. The number of non-ortho nitro benzene ring substituents is 1. The Morgan fingerprint density at radius 2 is 2.05 bits per heavy atom. The molecule has 1 saturated heterocycles. The zero-order valence-electron chi connectivity index (χ0n) is 10.8. The van der Waals surface area contributed by atoms with Gasteiger partial charge in [0.15, 0.2) is 11.3 Å². The van der Waals surface area contributed by atoms with Crippen molar-refractivity contribution in [2.24, 2.45) is 0 Å². The van der Waals surface area contributed by atoms with E-state index in [1.54, 1.807) is 12.1 Å². The van der Waals surface area contributed by atoms with E-state index in [0.29, 0.717) is 5.56 Å². The number of ether oxygens (including phenoxy) is 3. The molecule has 1 heterocycles. The summed E-state index contributed by atoms with van der Waals surface area (Å²) in [6.45, 7) is 0.288. The van der Waals surface area contributed by atoms with Crippen molar-refractivity contribution < 1.29 is 24.2 Å². The normalized spacial score (nSPS) is 22.3. The van der Waals surface area contributed by atoms with Gasteiger partial charge >= 0.3 is 12.1 Å². The zero-order chi connectivity index (χ0) is 15.2. The lowest BCUT2D eigenvalue weighted by atomic mass is 10.2. The fourth-order valence-electron chi connectivity index (χ4n) is 1.75. The minimum Gasteiger partial charge on any atom is -0.476 e. The summed E-state index contributed by atoms with van der Waals surface area (Å²) in [5.41, 5.74) is 0.628. The Kier molecular flexibility index (Phi) is 4.65. The van der Waals surface area contributed by atoms with E-state index in [0.717, 1.165) is 6.20 Å². The highest BCUT2D eigenvalue weighted by molar-refractivity contribution is 5.33. The SMILES string of the molecule is N#[N+]/C=C(/O)OC1COC(c2ccc([N+](=O)[O-])cc2)OC1. The highest BCUT2D eigenvalue weighted by Crippen LogP contribution is 2.25. The molecule has 1 fully saturated rings. The van der Waals surface area contributed by atoms with E-state index < -0.39 is 23.3 Å². The van der Waals surface area contributed by atoms with Gasteiger partial charge in [-0.25, -0.2) is 0 Å². The quantitative estimate of drug-likeness (QED) is 0.391. The molecular weight excluding hydrogens is 282 g/mol. The van der Waals surface area contributed by atoms with Gasteiger partial charge in [0.2, 0.25) is 5.39 Å². The molecule has 0 radical (unpaired) electrons. The summed E-state index contributed by atoms with van der Waals surface area (Å²) >= 11 is 0. The third kappa shape index (κ3) is 3.88. The van der Waals surface area contributed by atoms with Crippen LogP contribution in [0.15, 0.2) is 36.4 Å². The molecule has 21 heavy (non-hydrogen) atoms. The second-order valence-corrected chi connectivity index (χ2v) is 4.17. The highest BCUT2D eigenvalue weighted by Gasteiger charge is 2.26. The zero-order valence-corrected chi connectivity index (χ0v) is 10.8. The van der Waals surface area contributed by atoms with Crippen LogP contribution in [0.25, 0.3) is 4.98 Å². The first-order valence-corrected chi connectivity index (χ1v) is 5.97. The van der Waals surface area contributed by atoms with Gasteiger partial charge in [-0.15, -0.1) is 0 Å². The molecular formula is C12H12N3O6+. The van der Waals surface area contributed by atoms with Crippen LogP contribution in [0.2, 0.25) is 0 Å². The largest absolute Gasteiger partial charge is 0.476 e. The summed E-state index contributed by atoms with van der Waals surface area (Å²) in [5.74, 6) is -0.552. The fraction of sp³-hybridized carbons (Fsp3) is 0.333. The second-order valence-electron chi connectivity index (χ2n) is 4.17. The summed E-state index contributed by atoms with van der Waals surface area (Å²) in [5, 5.41) is 28.0. The second kappa shape index (κ2) is 6.65. The minimum absolute atomic E-state index is 0.0152. The Bertz CT molecular complexity index is 572. The van der Waals surface area contributed by atoms with Gasteiger partial charge in [0.05, 0.1) is 18.1 Å².